The van der Waals surface area contributed by atoms with E-state index in [-0.39, 0.29) is 0 Å². The molecule has 1 saturated heterocycles. The number of piperidine rings is 1. The van der Waals surface area contributed by atoms with Gasteiger partial charge < -0.3 is 15.6 Å². The van der Waals surface area contributed by atoms with Crippen LogP contribution in [0.15, 0.2) is 17.9 Å². The Morgan fingerprint density at radius 1 is 1.32 bits per heavy atom. The van der Waals surface area contributed by atoms with E-state index in [2.05, 4.69) is 26.0 Å². The first kappa shape index (κ1) is 12.4. The van der Waals surface area contributed by atoms with Gasteiger partial charge >= 0.3 is 0 Å². The third kappa shape index (κ3) is 3.02. The maximum Gasteiger partial charge on any atom is 0.180 e. The van der Waals surface area contributed by atoms with Crippen molar-refractivity contribution in [3.05, 3.63) is 29.3 Å². The lowest BCUT2D eigenvalue weighted by atomic mass is 10.1. The molecule has 0 aromatic carbocycles. The maximum atomic E-state index is 5.60. The van der Waals surface area contributed by atoms with Crippen LogP contribution in [0, 0.1) is 0 Å². The molecule has 0 amide bonds. The Morgan fingerprint density at radius 3 is 2.84 bits per heavy atom. The second kappa shape index (κ2) is 5.54. The van der Waals surface area contributed by atoms with Crippen LogP contribution in [-0.2, 0) is 0 Å². The molecule has 3 rings (SSSR count). The first-order valence-corrected chi connectivity index (χ1v) is 7.32. The monoisotopic (exact) mass is 275 g/mol. The van der Waals surface area contributed by atoms with Gasteiger partial charge in [-0.05, 0) is 38.1 Å². The molecule has 0 atom stereocenters. The number of rotatable bonds is 3. The quantitative estimate of drug-likeness (QED) is 0.899. The Kier molecular flexibility index (Phi) is 3.61. The molecule has 0 unspecified atom stereocenters. The molecule has 2 aromatic rings. The predicted molar refractivity (Wildman–Crippen MR) is 78.8 cm³/mol. The average Bonchev–Trinajstić information content (AvgIpc) is 3.06. The maximum absolute atomic E-state index is 5.60. The molecule has 3 N–H and O–H groups in total. The van der Waals surface area contributed by atoms with E-state index in [1.54, 1.807) is 0 Å². The van der Waals surface area contributed by atoms with Crippen molar-refractivity contribution >= 4 is 28.6 Å². The van der Waals surface area contributed by atoms with Crippen LogP contribution in [0.1, 0.15) is 30.3 Å². The molecule has 3 heterocycles. The van der Waals surface area contributed by atoms with E-state index in [4.69, 9.17) is 5.73 Å². The van der Waals surface area contributed by atoms with Gasteiger partial charge in [-0.25, -0.2) is 9.97 Å². The van der Waals surface area contributed by atoms with Gasteiger partial charge in [0.15, 0.2) is 5.13 Å². The van der Waals surface area contributed by atoms with Crippen molar-refractivity contribution in [1.29, 1.82) is 0 Å². The fourth-order valence-corrected chi connectivity index (χ4v) is 2.82. The lowest BCUT2D eigenvalue weighted by Crippen LogP contribution is -2.28. The van der Waals surface area contributed by atoms with E-state index in [0.29, 0.717) is 11.2 Å². The van der Waals surface area contributed by atoms with Crippen molar-refractivity contribution in [2.45, 2.75) is 18.9 Å². The minimum absolute atomic E-state index is 0.575. The molecule has 0 radical (unpaired) electrons. The van der Waals surface area contributed by atoms with E-state index in [9.17, 15) is 0 Å². The van der Waals surface area contributed by atoms with Crippen LogP contribution >= 0.6 is 11.3 Å². The third-order valence-corrected chi connectivity index (χ3v) is 4.01. The second-order valence-corrected chi connectivity index (χ2v) is 5.56. The van der Waals surface area contributed by atoms with Crippen molar-refractivity contribution in [2.75, 3.05) is 18.8 Å². The number of nitrogen functional groups attached to an aromatic ring is 1. The zero-order valence-electron chi connectivity index (χ0n) is 10.6. The van der Waals surface area contributed by atoms with Gasteiger partial charge in [0.25, 0.3) is 0 Å². The number of imidazole rings is 1. The number of anilines is 1. The number of hydrogen-bond acceptors (Lipinski definition) is 5. The molecule has 5 nitrogen and oxygen atoms in total. The van der Waals surface area contributed by atoms with Gasteiger partial charge in [-0.1, -0.05) is 0 Å². The number of aromatic nitrogens is 3. The summed E-state index contributed by atoms with van der Waals surface area (Å²) >= 11 is 1.45. The Hall–Kier alpha value is -1.66. The highest BCUT2D eigenvalue weighted by atomic mass is 32.1. The van der Waals surface area contributed by atoms with Crippen LogP contribution in [0.2, 0.25) is 0 Å². The Labute approximate surface area is 116 Å². The Morgan fingerprint density at radius 2 is 2.11 bits per heavy atom. The summed E-state index contributed by atoms with van der Waals surface area (Å²) in [5.41, 5.74) is 7.45. The van der Waals surface area contributed by atoms with Gasteiger partial charge in [0.05, 0.1) is 17.7 Å². The van der Waals surface area contributed by atoms with Crippen molar-refractivity contribution in [3.8, 4) is 0 Å². The van der Waals surface area contributed by atoms with E-state index in [1.807, 2.05) is 23.9 Å². The highest BCUT2D eigenvalue weighted by Gasteiger charge is 2.14. The first-order valence-electron chi connectivity index (χ1n) is 6.44. The number of nitrogens with two attached hydrogens (primary N) is 1. The summed E-state index contributed by atoms with van der Waals surface area (Å²) in [6.07, 6.45) is 10.3. The summed E-state index contributed by atoms with van der Waals surface area (Å²) in [7, 11) is 0. The molecule has 1 aliphatic heterocycles. The van der Waals surface area contributed by atoms with Crippen LogP contribution in [0.4, 0.5) is 5.13 Å². The van der Waals surface area contributed by atoms with Crippen molar-refractivity contribution in [1.82, 2.24) is 19.9 Å². The molecule has 6 heteroatoms. The number of nitrogens with one attached hydrogen (secondary N) is 1. The van der Waals surface area contributed by atoms with Crippen LogP contribution in [0.3, 0.4) is 0 Å². The SMILES string of the molecule is Nc1nc(C=Cc2cn(C3CCNCC3)cn2)cs1. The average molecular weight is 275 g/mol. The van der Waals surface area contributed by atoms with Gasteiger partial charge in [0.2, 0.25) is 0 Å². The molecule has 1 aliphatic rings. The molecule has 0 aliphatic carbocycles. The van der Waals surface area contributed by atoms with Crippen LogP contribution < -0.4 is 11.1 Å². The normalized spacial score (nSPS) is 17.3. The van der Waals surface area contributed by atoms with E-state index in [1.165, 1.54) is 24.2 Å². The van der Waals surface area contributed by atoms with Crippen LogP contribution in [0.5, 0.6) is 0 Å². The topological polar surface area (TPSA) is 68.8 Å². The highest BCUT2D eigenvalue weighted by molar-refractivity contribution is 7.13. The molecule has 2 aromatic heterocycles. The third-order valence-electron chi connectivity index (χ3n) is 3.32. The van der Waals surface area contributed by atoms with Gasteiger partial charge in [0, 0.05) is 17.6 Å². The van der Waals surface area contributed by atoms with E-state index < -0.39 is 0 Å². The van der Waals surface area contributed by atoms with Gasteiger partial charge in [0.1, 0.15) is 0 Å². The summed E-state index contributed by atoms with van der Waals surface area (Å²) in [5.74, 6) is 0. The molecule has 100 valence electrons. The van der Waals surface area contributed by atoms with Crippen molar-refractivity contribution < 1.29 is 0 Å². The number of nitrogens with zero attached hydrogens (tertiary/aromatic N) is 3. The molecule has 0 saturated carbocycles. The van der Waals surface area contributed by atoms with Crippen LogP contribution in [0.25, 0.3) is 12.2 Å². The smallest absolute Gasteiger partial charge is 0.180 e. The fraction of sp³-hybridized carbons (Fsp3) is 0.385. The summed E-state index contributed by atoms with van der Waals surface area (Å²) in [6.45, 7) is 2.18. The van der Waals surface area contributed by atoms with Gasteiger partial charge in [-0.2, -0.15) is 0 Å². The molecule has 0 spiro atoms. The van der Waals surface area contributed by atoms with Gasteiger partial charge in [-0.3, -0.25) is 0 Å². The zero-order chi connectivity index (χ0) is 13.1. The fourth-order valence-electron chi connectivity index (χ4n) is 2.29. The summed E-state index contributed by atoms with van der Waals surface area (Å²) < 4.78 is 2.22. The lowest BCUT2D eigenvalue weighted by Gasteiger charge is -2.23. The summed E-state index contributed by atoms with van der Waals surface area (Å²) in [4.78, 5) is 8.60. The predicted octanol–water partition coefficient (Wildman–Crippen LogP) is 2.02. The molecule has 1 fully saturated rings. The summed E-state index contributed by atoms with van der Waals surface area (Å²) in [6, 6.07) is 0.575. The first-order chi connectivity index (χ1) is 9.31. The Balaban J connectivity index is 1.69. The molecular weight excluding hydrogens is 258 g/mol. The van der Waals surface area contributed by atoms with E-state index >= 15 is 0 Å². The van der Waals surface area contributed by atoms with E-state index in [0.717, 1.165) is 24.5 Å². The highest BCUT2D eigenvalue weighted by Crippen LogP contribution is 2.19. The van der Waals surface area contributed by atoms with Crippen molar-refractivity contribution in [3.63, 3.8) is 0 Å². The number of hydrogen-bond donors (Lipinski definition) is 2. The largest absolute Gasteiger partial charge is 0.375 e. The summed E-state index contributed by atoms with van der Waals surface area (Å²) in [5, 5.41) is 5.91. The second-order valence-electron chi connectivity index (χ2n) is 4.67. The minimum Gasteiger partial charge on any atom is -0.375 e. The molecule has 0 bridgehead atoms. The molecular formula is C13H17N5S. The molecule has 19 heavy (non-hydrogen) atoms. The number of thiazole rings is 1. The zero-order valence-corrected chi connectivity index (χ0v) is 11.4. The Bertz CT molecular complexity index is 565. The standard InChI is InChI=1S/C13H17N5S/c14-13-17-11(8-19-13)2-1-10-7-18(9-16-10)12-3-5-15-6-4-12/h1-2,7-9,12,15H,3-6H2,(H2,14,17). The van der Waals surface area contributed by atoms with Crippen LogP contribution in [-0.4, -0.2) is 27.6 Å². The van der Waals surface area contributed by atoms with Crippen molar-refractivity contribution in [2.24, 2.45) is 0 Å². The van der Waals surface area contributed by atoms with Gasteiger partial charge in [-0.15, -0.1) is 11.3 Å². The minimum atomic E-state index is 0.575. The lowest BCUT2D eigenvalue weighted by molar-refractivity contribution is 0.368.